The Labute approximate surface area is 129 Å². The van der Waals surface area contributed by atoms with Crippen LogP contribution in [0.4, 0.5) is 0 Å². The Morgan fingerprint density at radius 1 is 0.750 bits per heavy atom. The van der Waals surface area contributed by atoms with Gasteiger partial charge in [-0.3, -0.25) is 0 Å². The van der Waals surface area contributed by atoms with Crippen LogP contribution in [0.15, 0.2) is 0 Å². The van der Waals surface area contributed by atoms with Crippen molar-refractivity contribution in [1.82, 2.24) is 0 Å². The van der Waals surface area contributed by atoms with Crippen molar-refractivity contribution in [1.29, 1.82) is 0 Å². The van der Waals surface area contributed by atoms with E-state index in [0.29, 0.717) is 0 Å². The summed E-state index contributed by atoms with van der Waals surface area (Å²) >= 11 is 3.07. The van der Waals surface area contributed by atoms with Crippen LogP contribution in [-0.2, 0) is 25.7 Å². The average molecular weight is 364 g/mol. The maximum absolute atomic E-state index is 10.00. The molecule has 12 heavy (non-hydrogen) atoms. The molecular weight excluding hydrogens is 364 g/mol. The standard InChI is InChI=1S/2Na.H2O6S2Se2/c;;1-7(2,9)5-6-8(3,4)10/h;;(H,1,2,9)(H,3,4,10)/q2*+1;/p-2. The summed E-state index contributed by atoms with van der Waals surface area (Å²) in [6.07, 6.45) is 0. The first kappa shape index (κ1) is 20.3. The Balaban J connectivity index is -0.000000405. The van der Waals surface area contributed by atoms with Crippen molar-refractivity contribution in [2.75, 3.05) is 0 Å². The molecule has 0 N–H and O–H groups in total. The molecule has 6 nitrogen and oxygen atoms in total. The molecule has 0 saturated carbocycles. The van der Waals surface area contributed by atoms with Gasteiger partial charge in [0.1, 0.15) is 0 Å². The van der Waals surface area contributed by atoms with Crippen LogP contribution in [-0.4, -0.2) is 46.6 Å². The maximum Gasteiger partial charge on any atom is 1.00 e. The van der Waals surface area contributed by atoms with Gasteiger partial charge in [0, 0.05) is 0 Å². The van der Waals surface area contributed by atoms with Crippen molar-refractivity contribution in [3.8, 4) is 0 Å². The van der Waals surface area contributed by atoms with Gasteiger partial charge in [0.25, 0.3) is 0 Å². The normalized spacial score (nSPS) is 11.2. The molecule has 0 atom stereocenters. The first-order chi connectivity index (χ1) is 4.21. The van der Waals surface area contributed by atoms with Crippen molar-refractivity contribution in [2.24, 2.45) is 0 Å². The van der Waals surface area contributed by atoms with Crippen LogP contribution < -0.4 is 59.1 Å². The van der Waals surface area contributed by atoms with E-state index in [0.717, 1.165) is 0 Å². The predicted molar refractivity (Wildman–Crippen MR) is 31.5 cm³/mol. The second kappa shape index (κ2) is 8.06. The molecule has 0 amide bonds. The third-order valence-electron chi connectivity index (χ3n) is 0.194. The molecule has 0 rings (SSSR count). The van der Waals surface area contributed by atoms with E-state index in [4.69, 9.17) is 0 Å². The van der Waals surface area contributed by atoms with Crippen LogP contribution >= 0.6 is 0 Å². The first-order valence-electron chi connectivity index (χ1n) is 1.50. The Morgan fingerprint density at radius 2 is 0.917 bits per heavy atom. The van der Waals surface area contributed by atoms with Crippen LogP contribution in [0.5, 0.6) is 0 Å². The summed E-state index contributed by atoms with van der Waals surface area (Å²) < 4.78 is 46.8. The fourth-order valence-corrected chi connectivity index (χ4v) is 1.47. The van der Waals surface area contributed by atoms with E-state index in [9.17, 15) is 16.8 Å². The Bertz CT molecular complexity index is 258. The van der Waals surface area contributed by atoms with Crippen molar-refractivity contribution in [3.63, 3.8) is 0 Å². The zero-order valence-corrected chi connectivity index (χ0v) is 15.1. The van der Waals surface area contributed by atoms with Crippen LogP contribution in [0.25, 0.3) is 0 Å². The summed E-state index contributed by atoms with van der Waals surface area (Å²) in [5, 5.41) is 0. The molecule has 0 unspecified atom stereocenters. The van der Waals surface area contributed by atoms with Gasteiger partial charge in [0.05, 0.1) is 0 Å². The van der Waals surface area contributed by atoms with Gasteiger partial charge in [-0.05, 0) is 0 Å². The molecule has 0 spiro atoms. The summed E-state index contributed by atoms with van der Waals surface area (Å²) in [5.41, 5.74) is 0. The minimum Gasteiger partial charge on any atom is 1.00 e. The van der Waals surface area contributed by atoms with Crippen molar-refractivity contribution in [3.05, 3.63) is 0 Å². The third-order valence-corrected chi connectivity index (χ3v) is 1.45. The van der Waals surface area contributed by atoms with Crippen LogP contribution in [0.2, 0.25) is 0 Å². The minimum absolute atomic E-state index is 0. The monoisotopic (exact) mass is 366 g/mol. The van der Waals surface area contributed by atoms with Gasteiger partial charge in [-0.15, -0.1) is 0 Å². The van der Waals surface area contributed by atoms with Crippen LogP contribution in [0.3, 0.4) is 0 Å². The molecule has 0 saturated heterocycles. The quantitative estimate of drug-likeness (QED) is 0.281. The maximum atomic E-state index is 10.00. The van der Waals surface area contributed by atoms with Gasteiger partial charge in [-0.25, -0.2) is 0 Å². The molecule has 0 bridgehead atoms. The first-order valence-corrected chi connectivity index (χ1v) is 8.36. The van der Waals surface area contributed by atoms with E-state index in [1.165, 1.54) is 29.8 Å². The summed E-state index contributed by atoms with van der Waals surface area (Å²) in [7, 11) is -8.01. The molecular formula is Na2O6S2Se2. The fraction of sp³-hybridized carbons (Fsp3) is 0. The number of hydrogen-bond acceptors (Lipinski definition) is 6. The van der Waals surface area contributed by atoms with Crippen molar-refractivity contribution in [2.45, 2.75) is 0 Å². The number of hydrogen-bond donors (Lipinski definition) is 0. The van der Waals surface area contributed by atoms with E-state index in [2.05, 4.69) is 8.67 Å². The van der Waals surface area contributed by atoms with Crippen LogP contribution in [0.1, 0.15) is 0 Å². The molecule has 0 aromatic rings. The van der Waals surface area contributed by atoms with Gasteiger partial charge in [-0.1, -0.05) is 0 Å². The minimum atomic E-state index is -4.00. The molecule has 62 valence electrons. The molecule has 12 heteroatoms. The van der Waals surface area contributed by atoms with E-state index < -0.39 is 17.1 Å². The second-order valence-electron chi connectivity index (χ2n) is 0.953. The number of rotatable bonds is 3. The fourth-order valence-electron chi connectivity index (χ4n) is 0.0680. The van der Waals surface area contributed by atoms with Gasteiger partial charge in [-0.2, -0.15) is 0 Å². The topological polar surface area (TPSA) is 86.7 Å². The largest absolute Gasteiger partial charge is 1.00 e. The Hall–Kier alpha value is 2.86. The molecule has 0 aromatic heterocycles. The van der Waals surface area contributed by atoms with Crippen LogP contribution in [0, 0.1) is 0 Å². The summed E-state index contributed by atoms with van der Waals surface area (Å²) in [6.45, 7) is 0. The summed E-state index contributed by atoms with van der Waals surface area (Å²) in [5.74, 6) is 0. The van der Waals surface area contributed by atoms with Gasteiger partial charge < -0.3 is 0 Å². The third kappa shape index (κ3) is 18.6. The van der Waals surface area contributed by atoms with E-state index in [-0.39, 0.29) is 59.1 Å². The smallest absolute Gasteiger partial charge is 1.00 e. The predicted octanol–water partition coefficient (Wildman–Crippen LogP) is -8.23. The average Bonchev–Trinajstić information content (AvgIpc) is 1.57. The second-order valence-corrected chi connectivity index (χ2v) is 8.00. The summed E-state index contributed by atoms with van der Waals surface area (Å²) in [6, 6.07) is 0. The van der Waals surface area contributed by atoms with Crippen molar-refractivity contribution < 1.29 is 84.6 Å². The molecule has 0 aromatic carbocycles. The molecule has 0 aliphatic rings. The SMILES string of the molecule is O=S(=O)([Se-])OOS(=O)(=O)[Se-].[Na+].[Na+]. The Kier molecular flexibility index (Phi) is 13.6. The van der Waals surface area contributed by atoms with Crippen molar-refractivity contribution >= 4 is 46.9 Å². The van der Waals surface area contributed by atoms with E-state index >= 15 is 0 Å². The van der Waals surface area contributed by atoms with Gasteiger partial charge in [0.2, 0.25) is 0 Å². The zero-order valence-electron chi connectivity index (χ0n) is 6.08. The van der Waals surface area contributed by atoms with Gasteiger partial charge in [0.15, 0.2) is 0 Å². The molecule has 0 fully saturated rings. The van der Waals surface area contributed by atoms with E-state index in [1.807, 2.05) is 0 Å². The van der Waals surface area contributed by atoms with E-state index in [1.54, 1.807) is 0 Å². The molecule has 0 heterocycles. The summed E-state index contributed by atoms with van der Waals surface area (Å²) in [4.78, 5) is 0. The molecule has 0 aliphatic carbocycles. The van der Waals surface area contributed by atoms with Gasteiger partial charge >= 0.3 is 131 Å². The zero-order chi connectivity index (χ0) is 8.41. The Morgan fingerprint density at radius 3 is 1.00 bits per heavy atom. The molecule has 0 radical (unpaired) electrons. The molecule has 0 aliphatic heterocycles.